The second-order valence-corrected chi connectivity index (χ2v) is 7.35. The number of aliphatic hydroxyl groups excluding tert-OH is 1. The smallest absolute Gasteiger partial charge is 0.194 e. The highest BCUT2D eigenvalue weighted by Crippen LogP contribution is 2.33. The van der Waals surface area contributed by atoms with E-state index in [1.165, 1.54) is 11.1 Å². The number of halogens is 2. The lowest BCUT2D eigenvalue weighted by molar-refractivity contribution is 0.186. The van der Waals surface area contributed by atoms with Gasteiger partial charge in [-0.1, -0.05) is 23.7 Å². The molecule has 164 valence electrons. The zero-order chi connectivity index (χ0) is 20.8. The zero-order valence-electron chi connectivity index (χ0n) is 17.5. The summed E-state index contributed by atoms with van der Waals surface area (Å²) in [4.78, 5) is 6.88. The number of hydrogen-bond donors (Lipinski definition) is 2. The number of aliphatic imine (C=N–C) groups is 1. The summed E-state index contributed by atoms with van der Waals surface area (Å²) in [5.41, 5.74) is 3.25. The van der Waals surface area contributed by atoms with Crippen molar-refractivity contribution in [2.75, 3.05) is 33.9 Å². The predicted molar refractivity (Wildman–Crippen MR) is 131 cm³/mol. The average Bonchev–Trinajstić information content (AvgIpc) is 2.75. The molecular formula is C22H29ClIN3O3. The molecule has 2 aromatic carbocycles. The molecule has 6 nitrogen and oxygen atoms in total. The minimum absolute atomic E-state index is 0. The van der Waals surface area contributed by atoms with E-state index in [1.807, 2.05) is 25.1 Å². The van der Waals surface area contributed by atoms with Gasteiger partial charge in [-0.15, -0.1) is 24.0 Å². The molecule has 30 heavy (non-hydrogen) atoms. The molecule has 2 aromatic rings. The Bertz CT molecular complexity index is 861. The van der Waals surface area contributed by atoms with Crippen LogP contribution in [0.25, 0.3) is 0 Å². The molecule has 0 amide bonds. The number of guanidine groups is 1. The molecule has 2 N–H and O–H groups in total. The van der Waals surface area contributed by atoms with Crippen LogP contribution in [0.2, 0.25) is 5.02 Å². The van der Waals surface area contributed by atoms with Crippen LogP contribution < -0.4 is 14.8 Å². The monoisotopic (exact) mass is 545 g/mol. The van der Waals surface area contributed by atoms with Gasteiger partial charge in [-0.2, -0.15) is 0 Å². The van der Waals surface area contributed by atoms with Gasteiger partial charge in [-0.05, 0) is 54.3 Å². The van der Waals surface area contributed by atoms with Gasteiger partial charge >= 0.3 is 0 Å². The number of ether oxygens (including phenoxy) is 2. The Balaban J connectivity index is 0.00000320. The lowest BCUT2D eigenvalue weighted by Gasteiger charge is -2.32. The molecule has 0 saturated carbocycles. The maximum absolute atomic E-state index is 10.5. The van der Waals surface area contributed by atoms with Crippen LogP contribution in [-0.4, -0.2) is 49.8 Å². The fourth-order valence-electron chi connectivity index (χ4n) is 3.45. The SMILES string of the molecule is CCNC(=NCC(O)c1ccc(Cl)cc1)N1CCc2cc(OC)c(OC)cc2C1.I. The molecule has 0 radical (unpaired) electrons. The summed E-state index contributed by atoms with van der Waals surface area (Å²) in [7, 11) is 3.30. The van der Waals surface area contributed by atoms with Gasteiger partial charge in [0.1, 0.15) is 0 Å². The molecule has 0 fully saturated rings. The van der Waals surface area contributed by atoms with E-state index in [-0.39, 0.29) is 30.5 Å². The lowest BCUT2D eigenvalue weighted by atomic mass is 9.99. The van der Waals surface area contributed by atoms with Gasteiger partial charge in [0.05, 0.1) is 26.9 Å². The number of nitrogens with zero attached hydrogens (tertiary/aromatic N) is 2. The quantitative estimate of drug-likeness (QED) is 0.326. The number of nitrogens with one attached hydrogen (secondary N) is 1. The van der Waals surface area contributed by atoms with Crippen molar-refractivity contribution in [3.8, 4) is 11.5 Å². The fourth-order valence-corrected chi connectivity index (χ4v) is 3.58. The van der Waals surface area contributed by atoms with Gasteiger partial charge in [-0.25, -0.2) is 0 Å². The van der Waals surface area contributed by atoms with E-state index >= 15 is 0 Å². The molecule has 3 rings (SSSR count). The first-order valence-corrected chi connectivity index (χ1v) is 10.1. The maximum Gasteiger partial charge on any atom is 0.194 e. The van der Waals surface area contributed by atoms with Crippen LogP contribution in [0.5, 0.6) is 11.5 Å². The van der Waals surface area contributed by atoms with Crippen LogP contribution in [0, 0.1) is 0 Å². The van der Waals surface area contributed by atoms with E-state index in [4.69, 9.17) is 21.1 Å². The van der Waals surface area contributed by atoms with Gasteiger partial charge < -0.3 is 24.8 Å². The van der Waals surface area contributed by atoms with Gasteiger partial charge in [0, 0.05) is 24.7 Å². The number of rotatable bonds is 6. The Morgan fingerprint density at radius 1 is 1.17 bits per heavy atom. The minimum atomic E-state index is -0.678. The van der Waals surface area contributed by atoms with Gasteiger partial charge in [0.15, 0.2) is 17.5 Å². The number of hydrogen-bond acceptors (Lipinski definition) is 4. The normalized spacial score (nSPS) is 14.4. The first kappa shape index (κ1) is 24.6. The van der Waals surface area contributed by atoms with E-state index in [1.54, 1.807) is 26.4 Å². The lowest BCUT2D eigenvalue weighted by Crippen LogP contribution is -2.44. The largest absolute Gasteiger partial charge is 0.493 e. The summed E-state index contributed by atoms with van der Waals surface area (Å²) in [5.74, 6) is 2.28. The Hall–Kier alpha value is -1.71. The Morgan fingerprint density at radius 2 is 1.80 bits per heavy atom. The first-order chi connectivity index (χ1) is 14.0. The summed E-state index contributed by atoms with van der Waals surface area (Å²) in [6, 6.07) is 11.3. The summed E-state index contributed by atoms with van der Waals surface area (Å²) >= 11 is 5.93. The highest BCUT2D eigenvalue weighted by Gasteiger charge is 2.22. The van der Waals surface area contributed by atoms with E-state index in [2.05, 4.69) is 21.3 Å². The van der Waals surface area contributed by atoms with Gasteiger partial charge in [0.2, 0.25) is 0 Å². The van der Waals surface area contributed by atoms with Crippen molar-refractivity contribution in [2.24, 2.45) is 4.99 Å². The molecule has 1 unspecified atom stereocenters. The highest BCUT2D eigenvalue weighted by atomic mass is 127. The predicted octanol–water partition coefficient (Wildman–Crippen LogP) is 4.03. The Morgan fingerprint density at radius 3 is 2.40 bits per heavy atom. The molecule has 0 bridgehead atoms. The van der Waals surface area contributed by atoms with Crippen LogP contribution in [-0.2, 0) is 13.0 Å². The zero-order valence-corrected chi connectivity index (χ0v) is 20.6. The van der Waals surface area contributed by atoms with Crippen LogP contribution in [0.1, 0.15) is 29.7 Å². The van der Waals surface area contributed by atoms with Crippen molar-refractivity contribution >= 4 is 41.5 Å². The number of aliphatic hydroxyl groups is 1. The van der Waals surface area contributed by atoms with Gasteiger partial charge in [0.25, 0.3) is 0 Å². The summed E-state index contributed by atoms with van der Waals surface area (Å²) in [6.45, 7) is 4.63. The molecule has 0 aliphatic carbocycles. The Kier molecular flexibility index (Phi) is 9.51. The summed E-state index contributed by atoms with van der Waals surface area (Å²) in [5, 5.41) is 14.5. The number of fused-ring (bicyclic) bond motifs is 1. The Labute approximate surface area is 200 Å². The van der Waals surface area contributed by atoms with Crippen LogP contribution in [0.3, 0.4) is 0 Å². The van der Waals surface area contributed by atoms with Crippen molar-refractivity contribution in [1.82, 2.24) is 10.2 Å². The minimum Gasteiger partial charge on any atom is -0.493 e. The maximum atomic E-state index is 10.5. The fraction of sp³-hybridized carbons (Fsp3) is 0.409. The van der Waals surface area contributed by atoms with Crippen molar-refractivity contribution in [3.05, 3.63) is 58.1 Å². The van der Waals surface area contributed by atoms with E-state index in [9.17, 15) is 5.11 Å². The molecule has 0 spiro atoms. The number of benzene rings is 2. The number of methoxy groups -OCH3 is 2. The van der Waals surface area contributed by atoms with E-state index < -0.39 is 6.10 Å². The molecule has 1 atom stereocenters. The van der Waals surface area contributed by atoms with Crippen LogP contribution >= 0.6 is 35.6 Å². The second-order valence-electron chi connectivity index (χ2n) is 6.91. The molecule has 1 aliphatic rings. The summed E-state index contributed by atoms with van der Waals surface area (Å²) < 4.78 is 10.9. The molecule has 0 saturated heterocycles. The molecule has 1 heterocycles. The summed E-state index contributed by atoms with van der Waals surface area (Å²) in [6.07, 6.45) is 0.210. The standard InChI is InChI=1S/C22H28ClN3O3.HI/c1-4-24-22(25-13-19(27)15-5-7-18(23)8-6-15)26-10-9-16-11-20(28-2)21(29-3)12-17(16)14-26;/h5-8,11-12,19,27H,4,9-10,13-14H2,1-3H3,(H,24,25);1H. The second kappa shape index (κ2) is 11.6. The van der Waals surface area contributed by atoms with Crippen molar-refractivity contribution in [1.29, 1.82) is 0 Å². The van der Waals surface area contributed by atoms with Crippen LogP contribution in [0.4, 0.5) is 0 Å². The third kappa shape index (κ3) is 5.92. The topological polar surface area (TPSA) is 66.3 Å². The third-order valence-corrected chi connectivity index (χ3v) is 5.27. The van der Waals surface area contributed by atoms with Crippen molar-refractivity contribution in [3.63, 3.8) is 0 Å². The molecule has 0 aromatic heterocycles. The third-order valence-electron chi connectivity index (χ3n) is 5.02. The highest BCUT2D eigenvalue weighted by molar-refractivity contribution is 14.0. The van der Waals surface area contributed by atoms with Crippen molar-refractivity contribution in [2.45, 2.75) is 26.0 Å². The van der Waals surface area contributed by atoms with Crippen LogP contribution in [0.15, 0.2) is 41.4 Å². The van der Waals surface area contributed by atoms with E-state index in [0.29, 0.717) is 5.02 Å². The molecular weight excluding hydrogens is 517 g/mol. The molecule has 1 aliphatic heterocycles. The average molecular weight is 546 g/mol. The first-order valence-electron chi connectivity index (χ1n) is 9.76. The van der Waals surface area contributed by atoms with Gasteiger partial charge in [-0.3, -0.25) is 4.99 Å². The molecule has 8 heteroatoms. The van der Waals surface area contributed by atoms with E-state index in [0.717, 1.165) is 49.1 Å². The van der Waals surface area contributed by atoms with Crippen molar-refractivity contribution < 1.29 is 14.6 Å².